The molecule has 4 N–H and O–H groups in total. The van der Waals surface area contributed by atoms with Crippen molar-refractivity contribution in [3.63, 3.8) is 0 Å². The predicted octanol–water partition coefficient (Wildman–Crippen LogP) is 3.45. The van der Waals surface area contributed by atoms with E-state index in [0.29, 0.717) is 30.1 Å². The third-order valence-electron chi connectivity index (χ3n) is 10.3. The van der Waals surface area contributed by atoms with Gasteiger partial charge in [0.2, 0.25) is 0 Å². The molecular formula is C24H40O5. The van der Waals surface area contributed by atoms with Crippen molar-refractivity contribution < 1.29 is 25.2 Å². The van der Waals surface area contributed by atoms with E-state index in [1.165, 1.54) is 0 Å². The van der Waals surface area contributed by atoms with Gasteiger partial charge in [-0.3, -0.25) is 4.79 Å². The minimum atomic E-state index is -0.748. The standard InChI is InChI=1S/C24H40O5/c1-13(4-7-19(26)27)15-5-6-16-20-17(9-11-23(15,16)2)24(3)10-8-14(25)12-18(24)21(28)22(20)29/h13-18,20-22,25,28-29H,4-12H2,1-3H3,(H,26,27)/t13-,14-,15+,16-,17+,18-,20-,21-,22+,23-,24+/m1/s1. The summed E-state index contributed by atoms with van der Waals surface area (Å²) in [5.41, 5.74) is 0.119. The molecule has 0 bridgehead atoms. The number of carbonyl (C=O) groups is 1. The Labute approximate surface area is 174 Å². The molecule has 11 atom stereocenters. The maximum atomic E-state index is 11.3. The van der Waals surface area contributed by atoms with Crippen LogP contribution in [0.15, 0.2) is 0 Å². The molecule has 0 heterocycles. The van der Waals surface area contributed by atoms with E-state index in [2.05, 4.69) is 20.8 Å². The van der Waals surface area contributed by atoms with E-state index < -0.39 is 18.2 Å². The Kier molecular flexibility index (Phi) is 5.57. The van der Waals surface area contributed by atoms with Crippen LogP contribution in [0.3, 0.4) is 0 Å². The second-order valence-corrected chi connectivity index (χ2v) is 11.5. The van der Waals surface area contributed by atoms with Crippen LogP contribution < -0.4 is 0 Å². The smallest absolute Gasteiger partial charge is 0.303 e. The van der Waals surface area contributed by atoms with Gasteiger partial charge in [0.15, 0.2) is 0 Å². The predicted molar refractivity (Wildman–Crippen MR) is 110 cm³/mol. The van der Waals surface area contributed by atoms with E-state index >= 15 is 0 Å². The lowest BCUT2D eigenvalue weighted by molar-refractivity contribution is -0.223. The summed E-state index contributed by atoms with van der Waals surface area (Å²) in [5, 5.41) is 41.7. The van der Waals surface area contributed by atoms with Gasteiger partial charge in [0.25, 0.3) is 0 Å². The van der Waals surface area contributed by atoms with Gasteiger partial charge in [0, 0.05) is 6.42 Å². The highest BCUT2D eigenvalue weighted by Gasteiger charge is 2.65. The van der Waals surface area contributed by atoms with Gasteiger partial charge in [-0.25, -0.2) is 0 Å². The zero-order valence-electron chi connectivity index (χ0n) is 18.3. The van der Waals surface area contributed by atoms with Gasteiger partial charge in [-0.2, -0.15) is 0 Å². The fraction of sp³-hybridized carbons (Fsp3) is 0.958. The van der Waals surface area contributed by atoms with Crippen molar-refractivity contribution in [2.45, 2.75) is 96.9 Å². The van der Waals surface area contributed by atoms with Gasteiger partial charge in [0.1, 0.15) is 0 Å². The van der Waals surface area contributed by atoms with Crippen LogP contribution in [0.4, 0.5) is 0 Å². The highest BCUT2D eigenvalue weighted by atomic mass is 16.4. The minimum absolute atomic E-state index is 0.00309. The summed E-state index contributed by atoms with van der Waals surface area (Å²) >= 11 is 0. The van der Waals surface area contributed by atoms with Gasteiger partial charge in [-0.1, -0.05) is 20.8 Å². The van der Waals surface area contributed by atoms with E-state index in [0.717, 1.165) is 44.9 Å². The summed E-state index contributed by atoms with van der Waals surface area (Å²) in [6, 6.07) is 0. The van der Waals surface area contributed by atoms with E-state index in [4.69, 9.17) is 5.11 Å². The molecule has 0 radical (unpaired) electrons. The molecular weight excluding hydrogens is 368 g/mol. The van der Waals surface area contributed by atoms with Crippen LogP contribution in [0.1, 0.15) is 78.6 Å². The molecule has 4 saturated carbocycles. The van der Waals surface area contributed by atoms with E-state index in [1.54, 1.807) is 0 Å². The molecule has 0 aromatic rings. The molecule has 0 aromatic carbocycles. The Morgan fingerprint density at radius 3 is 2.28 bits per heavy atom. The van der Waals surface area contributed by atoms with Crippen LogP contribution >= 0.6 is 0 Å². The molecule has 4 rings (SSSR count). The minimum Gasteiger partial charge on any atom is -0.481 e. The summed E-state index contributed by atoms with van der Waals surface area (Å²) in [7, 11) is 0. The van der Waals surface area contributed by atoms with Gasteiger partial charge in [-0.05, 0) is 97.7 Å². The Bertz CT molecular complexity index is 637. The average molecular weight is 409 g/mol. The van der Waals surface area contributed by atoms with Gasteiger partial charge in [-0.15, -0.1) is 0 Å². The van der Waals surface area contributed by atoms with Crippen LogP contribution in [0, 0.1) is 46.3 Å². The molecule has 29 heavy (non-hydrogen) atoms. The van der Waals surface area contributed by atoms with Crippen molar-refractivity contribution in [3.05, 3.63) is 0 Å². The van der Waals surface area contributed by atoms with Crippen molar-refractivity contribution >= 4 is 5.97 Å². The fourth-order valence-electron chi connectivity index (χ4n) is 8.77. The summed E-state index contributed by atoms with van der Waals surface area (Å²) in [6.07, 6.45) is 5.87. The Balaban J connectivity index is 1.59. The topological polar surface area (TPSA) is 98.0 Å². The number of rotatable bonds is 4. The number of aliphatic hydroxyl groups excluding tert-OH is 3. The zero-order valence-corrected chi connectivity index (χ0v) is 18.3. The van der Waals surface area contributed by atoms with Crippen molar-refractivity contribution in [2.75, 3.05) is 0 Å². The van der Waals surface area contributed by atoms with Crippen molar-refractivity contribution in [1.82, 2.24) is 0 Å². The molecule has 0 aliphatic heterocycles. The molecule has 0 aromatic heterocycles. The first kappa shape index (κ1) is 21.6. The number of hydrogen-bond donors (Lipinski definition) is 4. The molecule has 4 aliphatic carbocycles. The van der Waals surface area contributed by atoms with Gasteiger partial charge >= 0.3 is 5.97 Å². The monoisotopic (exact) mass is 408 g/mol. The molecule has 4 fully saturated rings. The maximum Gasteiger partial charge on any atom is 0.303 e. The van der Waals surface area contributed by atoms with Crippen LogP contribution in [-0.2, 0) is 4.79 Å². The highest BCUT2D eigenvalue weighted by Crippen LogP contribution is 2.68. The summed E-state index contributed by atoms with van der Waals surface area (Å²) < 4.78 is 0. The Morgan fingerprint density at radius 1 is 0.931 bits per heavy atom. The maximum absolute atomic E-state index is 11.3. The number of hydrogen-bond acceptors (Lipinski definition) is 4. The fourth-order valence-corrected chi connectivity index (χ4v) is 8.77. The van der Waals surface area contributed by atoms with E-state index in [-0.39, 0.29) is 35.2 Å². The molecule has 5 nitrogen and oxygen atoms in total. The first-order valence-electron chi connectivity index (χ1n) is 11.9. The average Bonchev–Trinajstić information content (AvgIpc) is 3.02. The van der Waals surface area contributed by atoms with Crippen LogP contribution in [0.5, 0.6) is 0 Å². The van der Waals surface area contributed by atoms with Crippen LogP contribution in [0.25, 0.3) is 0 Å². The first-order chi connectivity index (χ1) is 13.6. The molecule has 0 amide bonds. The summed E-state index contributed by atoms with van der Waals surface area (Å²) in [6.45, 7) is 6.89. The highest BCUT2D eigenvalue weighted by molar-refractivity contribution is 5.66. The Morgan fingerprint density at radius 2 is 1.59 bits per heavy atom. The molecule has 0 saturated heterocycles. The van der Waals surface area contributed by atoms with Crippen molar-refractivity contribution in [1.29, 1.82) is 0 Å². The largest absolute Gasteiger partial charge is 0.481 e. The molecule has 4 aliphatic rings. The number of aliphatic carboxylic acids is 1. The quantitative estimate of drug-likeness (QED) is 0.571. The lowest BCUT2D eigenvalue weighted by Gasteiger charge is -2.63. The SMILES string of the molecule is C[C@H](CCC(=O)O)[C@@H]1CC[C@@H]2[C@H]3[C@H](O)[C@H](O)[C@H]4C[C@H](O)CC[C@@]4(C)[C@H]3CC[C@@]21C. The van der Waals surface area contributed by atoms with E-state index in [1.807, 2.05) is 0 Å². The molecule has 5 heteroatoms. The lowest BCUT2D eigenvalue weighted by Crippen LogP contribution is -2.64. The second kappa shape index (κ2) is 7.49. The van der Waals surface area contributed by atoms with Crippen LogP contribution in [-0.4, -0.2) is 44.7 Å². The third kappa shape index (κ3) is 3.27. The normalized spacial score (nSPS) is 52.9. The zero-order chi connectivity index (χ0) is 21.1. The van der Waals surface area contributed by atoms with Crippen molar-refractivity contribution in [2.24, 2.45) is 46.3 Å². The number of aliphatic hydroxyl groups is 3. The first-order valence-corrected chi connectivity index (χ1v) is 11.9. The number of carboxylic acids is 1. The van der Waals surface area contributed by atoms with E-state index in [9.17, 15) is 20.1 Å². The number of fused-ring (bicyclic) bond motifs is 5. The number of carboxylic acid groups (broad SMARTS) is 1. The van der Waals surface area contributed by atoms with Crippen molar-refractivity contribution in [3.8, 4) is 0 Å². The van der Waals surface area contributed by atoms with Crippen LogP contribution in [0.2, 0.25) is 0 Å². The Hall–Kier alpha value is -0.650. The van der Waals surface area contributed by atoms with Gasteiger partial charge in [0.05, 0.1) is 18.3 Å². The molecule has 166 valence electrons. The summed E-state index contributed by atoms with van der Waals surface area (Å²) in [4.78, 5) is 11.1. The second-order valence-electron chi connectivity index (χ2n) is 11.5. The lowest BCUT2D eigenvalue weighted by atomic mass is 9.43. The molecule has 0 spiro atoms. The van der Waals surface area contributed by atoms with Gasteiger partial charge < -0.3 is 20.4 Å². The third-order valence-corrected chi connectivity index (χ3v) is 10.3. The summed E-state index contributed by atoms with van der Waals surface area (Å²) in [5.74, 6) is 1.06. The molecule has 0 unspecified atom stereocenters.